The van der Waals surface area contributed by atoms with Crippen LogP contribution >= 0.6 is 27.3 Å². The van der Waals surface area contributed by atoms with Crippen molar-refractivity contribution in [3.63, 3.8) is 0 Å². The first kappa shape index (κ1) is 24.2. The molecule has 0 spiro atoms. The molecule has 3 heterocycles. The largest absolute Gasteiger partial charge is 0.339 e. The number of carbonyl (C=O) groups is 2. The fourth-order valence-electron chi connectivity index (χ4n) is 5.04. The Morgan fingerprint density at radius 3 is 2.51 bits per heavy atom. The summed E-state index contributed by atoms with van der Waals surface area (Å²) in [5.41, 5.74) is 2.80. The van der Waals surface area contributed by atoms with E-state index in [-0.39, 0.29) is 23.7 Å². The lowest BCUT2D eigenvalue weighted by Crippen LogP contribution is -2.51. The van der Waals surface area contributed by atoms with E-state index in [2.05, 4.69) is 32.3 Å². The van der Waals surface area contributed by atoms with Gasteiger partial charge in [0.15, 0.2) is 0 Å². The molecule has 2 amide bonds. The van der Waals surface area contributed by atoms with Crippen LogP contribution < -0.4 is 0 Å². The molecule has 1 aromatic heterocycles. The average Bonchev–Trinajstić information content (AvgIpc) is 3.35. The second-order valence-electron chi connectivity index (χ2n) is 8.98. The van der Waals surface area contributed by atoms with Gasteiger partial charge < -0.3 is 9.80 Å². The van der Waals surface area contributed by atoms with Gasteiger partial charge in [-0.1, -0.05) is 34.1 Å². The molecule has 0 radical (unpaired) electrons. The van der Waals surface area contributed by atoms with Crippen LogP contribution in [-0.2, 0) is 11.2 Å². The van der Waals surface area contributed by atoms with Gasteiger partial charge in [0.1, 0.15) is 5.82 Å². The highest BCUT2D eigenvalue weighted by Gasteiger charge is 2.31. The lowest BCUT2D eigenvalue weighted by molar-refractivity contribution is -0.133. The van der Waals surface area contributed by atoms with E-state index in [1.807, 2.05) is 40.1 Å². The summed E-state index contributed by atoms with van der Waals surface area (Å²) >= 11 is 5.17. The zero-order chi connectivity index (χ0) is 24.4. The number of rotatable bonds is 5. The van der Waals surface area contributed by atoms with Crippen molar-refractivity contribution in [3.05, 3.63) is 91.8 Å². The Labute approximate surface area is 217 Å². The minimum atomic E-state index is -0.240. The highest BCUT2D eigenvalue weighted by atomic mass is 79.9. The van der Waals surface area contributed by atoms with E-state index < -0.39 is 0 Å². The van der Waals surface area contributed by atoms with Gasteiger partial charge in [0.2, 0.25) is 5.91 Å². The number of benzene rings is 2. The quantitative estimate of drug-likeness (QED) is 0.446. The summed E-state index contributed by atoms with van der Waals surface area (Å²) in [5, 5.41) is 2.10. The maximum absolute atomic E-state index is 14.0. The van der Waals surface area contributed by atoms with Crippen LogP contribution in [0.4, 0.5) is 4.39 Å². The van der Waals surface area contributed by atoms with Crippen LogP contribution in [0.5, 0.6) is 0 Å². The number of carbonyl (C=O) groups excluding carboxylic acids is 2. The lowest BCUT2D eigenvalue weighted by atomic mass is 9.93. The van der Waals surface area contributed by atoms with Crippen molar-refractivity contribution < 1.29 is 14.0 Å². The summed E-state index contributed by atoms with van der Waals surface area (Å²) < 4.78 is 14.9. The number of hydrogen-bond acceptors (Lipinski definition) is 4. The molecular weight excluding hydrogens is 529 g/mol. The maximum Gasteiger partial charge on any atom is 0.254 e. The Bertz CT molecular complexity index is 1220. The predicted octanol–water partition coefficient (Wildman–Crippen LogP) is 4.97. The van der Waals surface area contributed by atoms with E-state index in [0.29, 0.717) is 44.7 Å². The standard InChI is InChI=1S/C27H27BrFN3O2S/c28-21-5-1-4-20(17-21)27(34)32-14-12-30(13-15-32)25(33)8-11-31-10-7-24-23(9-16-35-24)26(31)19-3-2-6-22(29)18-19/h1-6,9,16-18,26H,7-8,10-15H2/t26-/m0/s1. The fourth-order valence-corrected chi connectivity index (χ4v) is 6.34. The Morgan fingerprint density at radius 2 is 1.74 bits per heavy atom. The van der Waals surface area contributed by atoms with Crippen molar-refractivity contribution >= 4 is 39.1 Å². The molecule has 2 aliphatic heterocycles. The third-order valence-electron chi connectivity index (χ3n) is 6.83. The minimum absolute atomic E-state index is 0.00350. The smallest absolute Gasteiger partial charge is 0.254 e. The van der Waals surface area contributed by atoms with Crippen molar-refractivity contribution in [1.29, 1.82) is 0 Å². The van der Waals surface area contributed by atoms with Crippen LogP contribution in [0.1, 0.15) is 38.8 Å². The average molecular weight is 557 g/mol. The minimum Gasteiger partial charge on any atom is -0.339 e. The van der Waals surface area contributed by atoms with E-state index in [1.165, 1.54) is 16.5 Å². The molecule has 2 aliphatic rings. The third-order valence-corrected chi connectivity index (χ3v) is 8.32. The molecule has 182 valence electrons. The zero-order valence-electron chi connectivity index (χ0n) is 19.3. The Kier molecular flexibility index (Phi) is 7.32. The second kappa shape index (κ2) is 10.6. The number of nitrogens with zero attached hydrogens (tertiary/aromatic N) is 3. The van der Waals surface area contributed by atoms with Gasteiger partial charge in [0.25, 0.3) is 5.91 Å². The van der Waals surface area contributed by atoms with Crippen molar-refractivity contribution in [2.24, 2.45) is 0 Å². The van der Waals surface area contributed by atoms with Crippen molar-refractivity contribution in [1.82, 2.24) is 14.7 Å². The van der Waals surface area contributed by atoms with Crippen molar-refractivity contribution in [2.45, 2.75) is 18.9 Å². The summed E-state index contributed by atoms with van der Waals surface area (Å²) in [4.78, 5) is 33.2. The van der Waals surface area contributed by atoms with Crippen molar-refractivity contribution in [3.8, 4) is 0 Å². The van der Waals surface area contributed by atoms with Crippen LogP contribution in [0, 0.1) is 5.82 Å². The lowest BCUT2D eigenvalue weighted by Gasteiger charge is -2.38. The molecule has 3 aromatic rings. The normalized spacial score (nSPS) is 18.4. The molecule has 2 aromatic carbocycles. The second-order valence-corrected chi connectivity index (χ2v) is 10.9. The SMILES string of the molecule is O=C(CCN1CCc2sccc2[C@@H]1c1cccc(F)c1)N1CCN(C(=O)c2cccc(Br)c2)CC1. The summed E-state index contributed by atoms with van der Waals surface area (Å²) in [5.74, 6) is -0.138. The predicted molar refractivity (Wildman–Crippen MR) is 139 cm³/mol. The van der Waals surface area contributed by atoms with Gasteiger partial charge >= 0.3 is 0 Å². The van der Waals surface area contributed by atoms with Gasteiger partial charge in [0.05, 0.1) is 6.04 Å². The van der Waals surface area contributed by atoms with E-state index in [0.717, 1.165) is 23.0 Å². The number of piperazine rings is 1. The molecule has 1 fully saturated rings. The topological polar surface area (TPSA) is 43.9 Å². The summed E-state index contributed by atoms with van der Waals surface area (Å²) in [6.45, 7) is 3.61. The summed E-state index contributed by atoms with van der Waals surface area (Å²) in [6, 6.07) is 16.3. The van der Waals surface area contributed by atoms with Gasteiger partial charge in [-0.05, 0) is 59.3 Å². The molecule has 1 atom stereocenters. The van der Waals surface area contributed by atoms with E-state index >= 15 is 0 Å². The van der Waals surface area contributed by atoms with Gasteiger partial charge in [-0.3, -0.25) is 14.5 Å². The molecule has 1 saturated heterocycles. The van der Waals surface area contributed by atoms with Gasteiger partial charge in [-0.2, -0.15) is 0 Å². The molecule has 35 heavy (non-hydrogen) atoms. The third kappa shape index (κ3) is 5.34. The van der Waals surface area contributed by atoms with E-state index in [1.54, 1.807) is 23.5 Å². The molecule has 0 aliphatic carbocycles. The first-order valence-electron chi connectivity index (χ1n) is 11.9. The van der Waals surface area contributed by atoms with Crippen LogP contribution in [0.3, 0.4) is 0 Å². The monoisotopic (exact) mass is 555 g/mol. The molecule has 0 saturated carbocycles. The Morgan fingerprint density at radius 1 is 0.971 bits per heavy atom. The van der Waals surface area contributed by atoms with Crippen LogP contribution in [-0.4, -0.2) is 65.8 Å². The number of amides is 2. The zero-order valence-corrected chi connectivity index (χ0v) is 21.7. The molecule has 0 bridgehead atoms. The molecule has 5 rings (SSSR count). The van der Waals surface area contributed by atoms with E-state index in [4.69, 9.17) is 0 Å². The first-order chi connectivity index (χ1) is 17.0. The highest BCUT2D eigenvalue weighted by molar-refractivity contribution is 9.10. The highest BCUT2D eigenvalue weighted by Crippen LogP contribution is 2.38. The molecule has 5 nitrogen and oxygen atoms in total. The number of halogens is 2. The first-order valence-corrected chi connectivity index (χ1v) is 13.6. The van der Waals surface area contributed by atoms with Crippen LogP contribution in [0.15, 0.2) is 64.5 Å². The molecule has 0 unspecified atom stereocenters. The van der Waals surface area contributed by atoms with E-state index in [9.17, 15) is 14.0 Å². The summed E-state index contributed by atoms with van der Waals surface area (Å²) in [6.07, 6.45) is 1.36. The van der Waals surface area contributed by atoms with Crippen LogP contribution in [0.25, 0.3) is 0 Å². The molecule has 0 N–H and O–H groups in total. The molecule has 8 heteroatoms. The Hall–Kier alpha value is -2.55. The fraction of sp³-hybridized carbons (Fsp3) is 0.333. The number of hydrogen-bond donors (Lipinski definition) is 0. The van der Waals surface area contributed by atoms with Gasteiger partial charge in [-0.15, -0.1) is 11.3 Å². The van der Waals surface area contributed by atoms with Gasteiger partial charge in [-0.25, -0.2) is 4.39 Å². The number of fused-ring (bicyclic) bond motifs is 1. The number of thiophene rings is 1. The van der Waals surface area contributed by atoms with Crippen molar-refractivity contribution in [2.75, 3.05) is 39.3 Å². The van der Waals surface area contributed by atoms with Crippen LogP contribution in [0.2, 0.25) is 0 Å². The maximum atomic E-state index is 14.0. The molecular formula is C27H27BrFN3O2S. The summed E-state index contributed by atoms with van der Waals surface area (Å²) in [7, 11) is 0. The Balaban J connectivity index is 1.20. The van der Waals surface area contributed by atoms with Gasteiger partial charge in [0, 0.05) is 60.6 Å².